The number of aliphatic carboxylic acids is 1. The number of amidine groups is 1. The molecule has 5 nitrogen and oxygen atoms in total. The van der Waals surface area contributed by atoms with Gasteiger partial charge in [0.1, 0.15) is 18.9 Å². The van der Waals surface area contributed by atoms with Crippen molar-refractivity contribution in [1.29, 1.82) is 0 Å². The number of carbonyl (C=O) groups excluding carboxylic acids is 1. The summed E-state index contributed by atoms with van der Waals surface area (Å²) in [6, 6.07) is 0. The fourth-order valence-corrected chi connectivity index (χ4v) is 3.93. The first-order chi connectivity index (χ1) is 14.0. The fourth-order valence-electron chi connectivity index (χ4n) is 3.93. The SMILES string of the molecule is CCCCC/C=C/CCCCCCCCCCC1=NC=C[N+]1(CC(=O)[O-])C(C)N. The van der Waals surface area contributed by atoms with Gasteiger partial charge in [0.2, 0.25) is 5.84 Å². The minimum Gasteiger partial charge on any atom is -0.544 e. The number of allylic oxidation sites excluding steroid dienone is 2. The molecule has 0 aromatic heterocycles. The lowest BCUT2D eigenvalue weighted by Gasteiger charge is -2.36. The second kappa shape index (κ2) is 15.4. The van der Waals surface area contributed by atoms with Crippen LogP contribution in [0.25, 0.3) is 0 Å². The van der Waals surface area contributed by atoms with E-state index in [1.54, 1.807) is 12.4 Å². The molecule has 5 heteroatoms. The van der Waals surface area contributed by atoms with E-state index in [1.807, 2.05) is 6.92 Å². The van der Waals surface area contributed by atoms with Gasteiger partial charge in [-0.25, -0.2) is 9.48 Å². The number of carbonyl (C=O) groups is 1. The molecule has 0 amide bonds. The Kier molecular flexibility index (Phi) is 13.6. The van der Waals surface area contributed by atoms with Crippen LogP contribution in [-0.4, -0.2) is 29.0 Å². The zero-order chi connectivity index (χ0) is 21.4. The monoisotopic (exact) mass is 405 g/mol. The van der Waals surface area contributed by atoms with E-state index in [-0.39, 0.29) is 17.2 Å². The van der Waals surface area contributed by atoms with Crippen molar-refractivity contribution in [3.63, 3.8) is 0 Å². The van der Waals surface area contributed by atoms with Crippen molar-refractivity contribution in [2.24, 2.45) is 10.7 Å². The van der Waals surface area contributed by atoms with Crippen molar-refractivity contribution in [1.82, 2.24) is 0 Å². The molecule has 0 aromatic carbocycles. The van der Waals surface area contributed by atoms with Crippen LogP contribution >= 0.6 is 0 Å². The zero-order valence-electron chi connectivity index (χ0n) is 18.8. The largest absolute Gasteiger partial charge is 0.544 e. The first-order valence-electron chi connectivity index (χ1n) is 11.8. The lowest BCUT2D eigenvalue weighted by atomic mass is 10.1. The van der Waals surface area contributed by atoms with E-state index < -0.39 is 5.97 Å². The molecule has 166 valence electrons. The van der Waals surface area contributed by atoms with Crippen LogP contribution in [0.1, 0.15) is 104 Å². The normalized spacial score (nSPS) is 19.8. The molecule has 1 heterocycles. The maximum absolute atomic E-state index is 11.1. The Morgan fingerprint density at radius 3 is 2.14 bits per heavy atom. The Bertz CT molecular complexity index is 540. The Morgan fingerprint density at radius 1 is 1.03 bits per heavy atom. The molecule has 0 aromatic rings. The maximum Gasteiger partial charge on any atom is 0.209 e. The predicted molar refractivity (Wildman–Crippen MR) is 120 cm³/mol. The summed E-state index contributed by atoms with van der Waals surface area (Å²) in [6.45, 7) is 3.94. The third-order valence-electron chi connectivity index (χ3n) is 5.82. The van der Waals surface area contributed by atoms with E-state index in [1.165, 1.54) is 70.6 Å². The molecule has 29 heavy (non-hydrogen) atoms. The Hall–Kier alpha value is -1.46. The zero-order valence-corrected chi connectivity index (χ0v) is 18.8. The Balaban J connectivity index is 2.04. The highest BCUT2D eigenvalue weighted by molar-refractivity contribution is 5.81. The van der Waals surface area contributed by atoms with Crippen molar-refractivity contribution < 1.29 is 14.4 Å². The van der Waals surface area contributed by atoms with Gasteiger partial charge in [0, 0.05) is 13.3 Å². The Morgan fingerprint density at radius 2 is 1.59 bits per heavy atom. The van der Waals surface area contributed by atoms with E-state index >= 15 is 0 Å². The average Bonchev–Trinajstić information content (AvgIpc) is 3.08. The summed E-state index contributed by atoms with van der Waals surface area (Å²) in [5.41, 5.74) is 6.07. The molecule has 1 rings (SSSR count). The number of carboxylic acid groups (broad SMARTS) is 1. The minimum atomic E-state index is -1.09. The van der Waals surface area contributed by atoms with E-state index in [0.29, 0.717) is 0 Å². The number of rotatable bonds is 18. The molecule has 0 saturated carbocycles. The molecule has 1 aliphatic heterocycles. The molecular weight excluding hydrogens is 362 g/mol. The highest BCUT2D eigenvalue weighted by Gasteiger charge is 2.38. The highest BCUT2D eigenvalue weighted by atomic mass is 16.4. The topological polar surface area (TPSA) is 78.5 Å². The van der Waals surface area contributed by atoms with Crippen molar-refractivity contribution in [3.05, 3.63) is 24.6 Å². The van der Waals surface area contributed by atoms with Crippen molar-refractivity contribution in [2.45, 2.75) is 110 Å². The van der Waals surface area contributed by atoms with Gasteiger partial charge in [0.25, 0.3) is 0 Å². The van der Waals surface area contributed by atoms with Crippen LogP contribution in [0.2, 0.25) is 0 Å². The number of carboxylic acids is 1. The van der Waals surface area contributed by atoms with Crippen molar-refractivity contribution in [3.8, 4) is 0 Å². The van der Waals surface area contributed by atoms with Crippen LogP contribution in [0, 0.1) is 0 Å². The molecule has 0 spiro atoms. The summed E-state index contributed by atoms with van der Waals surface area (Å²) >= 11 is 0. The predicted octanol–water partition coefficient (Wildman–Crippen LogP) is 4.78. The van der Waals surface area contributed by atoms with Crippen LogP contribution in [0.3, 0.4) is 0 Å². The average molecular weight is 406 g/mol. The standard InChI is InChI=1S/C24H43N3O2/c1-3-4-5-6-7-8-9-10-11-12-13-14-15-16-17-18-23-26-19-20-27(23,22(2)25)21-24(28)29/h7-8,19-20,22H,3-6,9-18,21,25H2,1-2H3/b8-7+. The summed E-state index contributed by atoms with van der Waals surface area (Å²) < 4.78 is 0.107. The summed E-state index contributed by atoms with van der Waals surface area (Å²) in [7, 11) is 0. The van der Waals surface area contributed by atoms with Crippen molar-refractivity contribution >= 4 is 11.8 Å². The summed E-state index contributed by atoms with van der Waals surface area (Å²) in [5.74, 6) is -0.236. The molecular formula is C24H43N3O2. The summed E-state index contributed by atoms with van der Waals surface area (Å²) in [4.78, 5) is 15.5. The molecule has 2 atom stereocenters. The second-order valence-electron chi connectivity index (χ2n) is 8.38. The number of unbranched alkanes of at least 4 members (excludes halogenated alkanes) is 11. The molecule has 2 N–H and O–H groups in total. The van der Waals surface area contributed by atoms with E-state index in [0.717, 1.165) is 25.1 Å². The lowest BCUT2D eigenvalue weighted by Crippen LogP contribution is -2.60. The maximum atomic E-state index is 11.1. The number of nitrogens with two attached hydrogens (primary N) is 1. The first-order valence-corrected chi connectivity index (χ1v) is 11.8. The number of nitrogens with zero attached hydrogens (tertiary/aromatic N) is 2. The van der Waals surface area contributed by atoms with Gasteiger partial charge >= 0.3 is 0 Å². The molecule has 0 bridgehead atoms. The third-order valence-corrected chi connectivity index (χ3v) is 5.82. The van der Waals surface area contributed by atoms with Gasteiger partial charge in [-0.1, -0.05) is 70.4 Å². The smallest absolute Gasteiger partial charge is 0.209 e. The van der Waals surface area contributed by atoms with Gasteiger partial charge in [-0.2, -0.15) is 0 Å². The lowest BCUT2D eigenvalue weighted by molar-refractivity contribution is -0.808. The van der Waals surface area contributed by atoms with Gasteiger partial charge in [0.15, 0.2) is 0 Å². The van der Waals surface area contributed by atoms with Gasteiger partial charge in [-0.05, 0) is 32.1 Å². The van der Waals surface area contributed by atoms with Gasteiger partial charge in [-0.15, -0.1) is 0 Å². The molecule has 0 aliphatic carbocycles. The number of aliphatic imine (C=N–C) groups is 1. The van der Waals surface area contributed by atoms with Crippen LogP contribution < -0.4 is 10.8 Å². The Labute approximate surface area is 178 Å². The molecule has 0 saturated heterocycles. The quantitative estimate of drug-likeness (QED) is 0.202. The second-order valence-corrected chi connectivity index (χ2v) is 8.38. The highest BCUT2D eigenvalue weighted by Crippen LogP contribution is 2.23. The first kappa shape index (κ1) is 25.6. The van der Waals surface area contributed by atoms with Crippen LogP contribution in [0.4, 0.5) is 0 Å². The number of quaternary nitrogens is 1. The fraction of sp³-hybridized carbons (Fsp3) is 0.750. The molecule has 2 unspecified atom stereocenters. The van der Waals surface area contributed by atoms with Crippen molar-refractivity contribution in [2.75, 3.05) is 6.54 Å². The molecule has 1 aliphatic rings. The van der Waals surface area contributed by atoms with Gasteiger partial charge in [-0.3, -0.25) is 5.73 Å². The van der Waals surface area contributed by atoms with Crippen LogP contribution in [0.15, 0.2) is 29.5 Å². The van der Waals surface area contributed by atoms with Gasteiger partial charge < -0.3 is 9.90 Å². The molecule has 0 fully saturated rings. The van der Waals surface area contributed by atoms with Crippen LogP contribution in [-0.2, 0) is 4.79 Å². The summed E-state index contributed by atoms with van der Waals surface area (Å²) in [5, 5.41) is 11.1. The molecule has 0 radical (unpaired) electrons. The number of hydrogen-bond acceptors (Lipinski definition) is 4. The van der Waals surface area contributed by atoms with Crippen LogP contribution in [0.5, 0.6) is 0 Å². The minimum absolute atomic E-state index is 0.107. The van der Waals surface area contributed by atoms with E-state index in [9.17, 15) is 9.90 Å². The number of hydrogen-bond donors (Lipinski definition) is 1. The van der Waals surface area contributed by atoms with E-state index in [2.05, 4.69) is 24.1 Å². The summed E-state index contributed by atoms with van der Waals surface area (Å²) in [6.07, 6.45) is 25.1. The third kappa shape index (κ3) is 10.2. The van der Waals surface area contributed by atoms with Gasteiger partial charge in [0.05, 0.1) is 12.2 Å². The van der Waals surface area contributed by atoms with E-state index in [4.69, 9.17) is 5.73 Å².